The van der Waals surface area contributed by atoms with Gasteiger partial charge in [-0.2, -0.15) is 4.31 Å². The summed E-state index contributed by atoms with van der Waals surface area (Å²) in [5.74, 6) is -1.05. The molecule has 1 fully saturated rings. The van der Waals surface area contributed by atoms with Gasteiger partial charge in [0.05, 0.1) is 11.6 Å². The van der Waals surface area contributed by atoms with Gasteiger partial charge in [0.2, 0.25) is 10.0 Å². The Balaban J connectivity index is 1.67. The molecule has 0 aromatic heterocycles. The van der Waals surface area contributed by atoms with Crippen molar-refractivity contribution in [1.82, 2.24) is 4.31 Å². The van der Waals surface area contributed by atoms with E-state index in [-0.39, 0.29) is 47.3 Å². The van der Waals surface area contributed by atoms with Crippen LogP contribution in [0.15, 0.2) is 53.4 Å². The van der Waals surface area contributed by atoms with Crippen LogP contribution in [0.2, 0.25) is 5.02 Å². The van der Waals surface area contributed by atoms with Crippen molar-refractivity contribution in [3.63, 3.8) is 0 Å². The second kappa shape index (κ2) is 9.78. The van der Waals surface area contributed by atoms with Gasteiger partial charge in [-0.05, 0) is 42.7 Å². The van der Waals surface area contributed by atoms with E-state index < -0.39 is 35.0 Å². The fourth-order valence-corrected chi connectivity index (χ4v) is 5.88. The highest BCUT2D eigenvalue weighted by Crippen LogP contribution is 2.32. The zero-order valence-electron chi connectivity index (χ0n) is 16.8. The number of ketones is 1. The second-order valence-corrected chi connectivity index (χ2v) is 9.70. The molecule has 0 aliphatic carbocycles. The number of Topliss-reactive ketones (excluding diaryl/α,β-unsaturated/α-hetero) is 1. The molecule has 3 rings (SSSR count). The first-order valence-electron chi connectivity index (χ1n) is 9.76. The standard InChI is InChI=1S/C21H21ClF3NO5S/c22-18-3-1-2-4-20(18)32(29,30)26-10-9-15(12-16(26)13-27)19(28)11-14-5-7-17(8-6-14)31-21(23,24)25/h1-8,15-16,27H,9-13H2/t15-,16-/m0/s1. The maximum absolute atomic E-state index is 13.0. The molecule has 174 valence electrons. The highest BCUT2D eigenvalue weighted by Gasteiger charge is 2.39. The molecule has 6 nitrogen and oxygen atoms in total. The van der Waals surface area contributed by atoms with E-state index in [2.05, 4.69) is 4.74 Å². The Hall–Kier alpha value is -2.14. The number of halogens is 4. The third-order valence-corrected chi connectivity index (χ3v) is 7.74. The molecule has 0 amide bonds. The molecule has 0 spiro atoms. The van der Waals surface area contributed by atoms with Crippen LogP contribution in [0, 0.1) is 5.92 Å². The Morgan fingerprint density at radius 2 is 1.81 bits per heavy atom. The number of carbonyl (C=O) groups is 1. The molecule has 1 aliphatic heterocycles. The van der Waals surface area contributed by atoms with E-state index in [1.807, 2.05) is 0 Å². The maximum Gasteiger partial charge on any atom is 0.573 e. The van der Waals surface area contributed by atoms with Crippen molar-refractivity contribution in [1.29, 1.82) is 0 Å². The topological polar surface area (TPSA) is 83.9 Å². The summed E-state index contributed by atoms with van der Waals surface area (Å²) < 4.78 is 67.8. The van der Waals surface area contributed by atoms with Crippen molar-refractivity contribution >= 4 is 27.4 Å². The average molecular weight is 492 g/mol. The van der Waals surface area contributed by atoms with Gasteiger partial charge in [0.25, 0.3) is 0 Å². The molecular formula is C21H21ClF3NO5S. The number of alkyl halides is 3. The van der Waals surface area contributed by atoms with Crippen molar-refractivity contribution in [3.05, 3.63) is 59.1 Å². The highest BCUT2D eigenvalue weighted by molar-refractivity contribution is 7.89. The van der Waals surface area contributed by atoms with Crippen LogP contribution in [0.1, 0.15) is 18.4 Å². The summed E-state index contributed by atoms with van der Waals surface area (Å²) in [4.78, 5) is 12.7. The van der Waals surface area contributed by atoms with E-state index in [1.165, 1.54) is 28.6 Å². The molecule has 2 aromatic rings. The Kier molecular flexibility index (Phi) is 7.49. The molecule has 2 aromatic carbocycles. The van der Waals surface area contributed by atoms with Crippen LogP contribution in [-0.2, 0) is 21.2 Å². The molecule has 0 unspecified atom stereocenters. The molecular weight excluding hydrogens is 471 g/mol. The SMILES string of the molecule is O=C(Cc1ccc(OC(F)(F)F)cc1)[C@H]1CCN(S(=O)(=O)c2ccccc2Cl)[C@H](CO)C1. The Morgan fingerprint density at radius 1 is 1.16 bits per heavy atom. The summed E-state index contributed by atoms with van der Waals surface area (Å²) in [6.07, 6.45) is -4.43. The molecule has 1 aliphatic rings. The average Bonchev–Trinajstić information content (AvgIpc) is 2.73. The number of piperidine rings is 1. The predicted octanol–water partition coefficient (Wildman–Crippen LogP) is 3.81. The maximum atomic E-state index is 13.0. The van der Waals surface area contributed by atoms with Gasteiger partial charge in [-0.25, -0.2) is 8.42 Å². The molecule has 2 atom stereocenters. The number of benzene rings is 2. The summed E-state index contributed by atoms with van der Waals surface area (Å²) in [5, 5.41) is 9.87. The molecule has 0 saturated carbocycles. The quantitative estimate of drug-likeness (QED) is 0.636. The number of sulfonamides is 1. The largest absolute Gasteiger partial charge is 0.573 e. The summed E-state index contributed by atoms with van der Waals surface area (Å²) >= 11 is 6.04. The molecule has 11 heteroatoms. The fraction of sp³-hybridized carbons (Fsp3) is 0.381. The third-order valence-electron chi connectivity index (χ3n) is 5.29. The van der Waals surface area contributed by atoms with Crippen LogP contribution >= 0.6 is 11.6 Å². The summed E-state index contributed by atoms with van der Waals surface area (Å²) in [6, 6.07) is 10.2. The van der Waals surface area contributed by atoms with E-state index in [1.54, 1.807) is 12.1 Å². The smallest absolute Gasteiger partial charge is 0.406 e. The number of carbonyl (C=O) groups excluding carboxylic acids is 1. The second-order valence-electron chi connectivity index (χ2n) is 7.44. The highest BCUT2D eigenvalue weighted by atomic mass is 35.5. The van der Waals surface area contributed by atoms with E-state index in [4.69, 9.17) is 11.6 Å². The number of rotatable bonds is 7. The Morgan fingerprint density at radius 3 is 2.41 bits per heavy atom. The van der Waals surface area contributed by atoms with Crippen LogP contribution in [0.3, 0.4) is 0 Å². The van der Waals surface area contributed by atoms with Gasteiger partial charge in [0, 0.05) is 24.9 Å². The van der Waals surface area contributed by atoms with Gasteiger partial charge < -0.3 is 9.84 Å². The molecule has 1 saturated heterocycles. The van der Waals surface area contributed by atoms with Gasteiger partial charge in [-0.15, -0.1) is 13.2 Å². The van der Waals surface area contributed by atoms with Gasteiger partial charge in [-0.1, -0.05) is 35.9 Å². The van der Waals surface area contributed by atoms with E-state index in [0.717, 1.165) is 12.1 Å². The van der Waals surface area contributed by atoms with Crippen molar-refractivity contribution in [2.45, 2.75) is 36.6 Å². The van der Waals surface area contributed by atoms with Gasteiger partial charge in [0.1, 0.15) is 16.4 Å². The fourth-order valence-electron chi connectivity index (χ4n) is 3.74. The van der Waals surface area contributed by atoms with E-state index in [0.29, 0.717) is 5.56 Å². The third kappa shape index (κ3) is 5.80. The first-order chi connectivity index (χ1) is 15.0. The lowest BCUT2D eigenvalue weighted by atomic mass is 9.86. The number of aliphatic hydroxyl groups excluding tert-OH is 1. The zero-order chi connectivity index (χ0) is 23.5. The predicted molar refractivity (Wildman–Crippen MR) is 111 cm³/mol. The van der Waals surface area contributed by atoms with E-state index in [9.17, 15) is 31.5 Å². The minimum absolute atomic E-state index is 0.0215. The Labute approximate surface area is 188 Å². The monoisotopic (exact) mass is 491 g/mol. The molecule has 32 heavy (non-hydrogen) atoms. The van der Waals surface area contributed by atoms with Crippen LogP contribution < -0.4 is 4.74 Å². The van der Waals surface area contributed by atoms with Crippen LogP contribution in [0.4, 0.5) is 13.2 Å². The number of hydrogen-bond donors (Lipinski definition) is 1. The van der Waals surface area contributed by atoms with Crippen molar-refractivity contribution in [3.8, 4) is 5.75 Å². The van der Waals surface area contributed by atoms with Crippen LogP contribution in [-0.4, -0.2) is 49.2 Å². The Bertz CT molecular complexity index is 1060. The number of ether oxygens (including phenoxy) is 1. The number of aliphatic hydroxyl groups is 1. The molecule has 1 N–H and O–H groups in total. The van der Waals surface area contributed by atoms with Gasteiger partial charge >= 0.3 is 6.36 Å². The minimum atomic E-state index is -4.80. The lowest BCUT2D eigenvalue weighted by Crippen LogP contribution is -2.49. The van der Waals surface area contributed by atoms with Crippen molar-refractivity contribution in [2.24, 2.45) is 5.92 Å². The lowest BCUT2D eigenvalue weighted by molar-refractivity contribution is -0.274. The van der Waals surface area contributed by atoms with Gasteiger partial charge in [-0.3, -0.25) is 4.79 Å². The summed E-state index contributed by atoms with van der Waals surface area (Å²) in [6.45, 7) is -0.426. The lowest BCUT2D eigenvalue weighted by Gasteiger charge is -2.37. The molecule has 1 heterocycles. The first kappa shape index (κ1) is 24.5. The van der Waals surface area contributed by atoms with E-state index >= 15 is 0 Å². The zero-order valence-corrected chi connectivity index (χ0v) is 18.3. The minimum Gasteiger partial charge on any atom is -0.406 e. The van der Waals surface area contributed by atoms with Crippen LogP contribution in [0.25, 0.3) is 0 Å². The molecule has 0 bridgehead atoms. The summed E-state index contributed by atoms with van der Waals surface area (Å²) in [7, 11) is -3.96. The summed E-state index contributed by atoms with van der Waals surface area (Å²) in [5.41, 5.74) is 0.510. The number of nitrogens with zero attached hydrogens (tertiary/aromatic N) is 1. The normalized spacial score (nSPS) is 20.2. The van der Waals surface area contributed by atoms with Crippen molar-refractivity contribution in [2.75, 3.05) is 13.2 Å². The first-order valence-corrected chi connectivity index (χ1v) is 11.6. The molecule has 0 radical (unpaired) electrons. The van der Waals surface area contributed by atoms with Crippen LogP contribution in [0.5, 0.6) is 5.75 Å². The number of hydrogen-bond acceptors (Lipinski definition) is 5. The van der Waals surface area contributed by atoms with Crippen molar-refractivity contribution < 1.29 is 36.2 Å². The van der Waals surface area contributed by atoms with Gasteiger partial charge in [0.15, 0.2) is 0 Å².